The first-order chi connectivity index (χ1) is 15.8. The molecule has 2 aliphatic carbocycles. The fourth-order valence-corrected chi connectivity index (χ4v) is 6.20. The third-order valence-electron chi connectivity index (χ3n) is 7.77. The normalized spacial score (nSPS) is 15.2. The van der Waals surface area contributed by atoms with E-state index in [0.717, 1.165) is 38.5 Å². The average molecular weight is 415 g/mol. The second-order valence-electron chi connectivity index (χ2n) is 9.37. The summed E-state index contributed by atoms with van der Waals surface area (Å²) in [6.07, 6.45) is 6.85. The van der Waals surface area contributed by atoms with Crippen LogP contribution in [0.4, 0.5) is 0 Å². The summed E-state index contributed by atoms with van der Waals surface area (Å²) < 4.78 is 0. The van der Waals surface area contributed by atoms with Gasteiger partial charge in [0, 0.05) is 0 Å². The van der Waals surface area contributed by atoms with Crippen molar-refractivity contribution in [2.24, 2.45) is 0 Å². The lowest BCUT2D eigenvalue weighted by Crippen LogP contribution is -1.92. The van der Waals surface area contributed by atoms with E-state index in [9.17, 15) is 0 Å². The van der Waals surface area contributed by atoms with E-state index in [4.69, 9.17) is 0 Å². The highest BCUT2D eigenvalue weighted by Gasteiger charge is 2.26. The first kappa shape index (κ1) is 19.6. The lowest BCUT2D eigenvalue weighted by Gasteiger charge is -2.15. The molecule has 0 aliphatic heterocycles. The van der Waals surface area contributed by atoms with Crippen LogP contribution in [0.25, 0.3) is 32.7 Å². The van der Waals surface area contributed by atoms with Crippen molar-refractivity contribution in [1.29, 1.82) is 0 Å². The largest absolute Gasteiger partial charge is 0.0622 e. The molecule has 0 atom stereocenters. The average Bonchev–Trinajstić information content (AvgIpc) is 3.40. The predicted molar refractivity (Wildman–Crippen MR) is 139 cm³/mol. The topological polar surface area (TPSA) is 0 Å². The van der Waals surface area contributed by atoms with Crippen molar-refractivity contribution in [2.45, 2.75) is 52.4 Å². The molecule has 4 aromatic carbocycles. The standard InChI is InChI=1S/C32H30/c1-3-21-19-25-15-13-23-9-5-7-11-27(23)31(25)29(21)17-18-30-22(4-2)20-26-16-14-24-10-6-8-12-28(24)32(26)30/h5-16H,3-4,17-20H2,1-2H3. The maximum Gasteiger partial charge on any atom is -0.00549 e. The van der Waals surface area contributed by atoms with Gasteiger partial charge in [-0.05, 0) is 93.5 Å². The lowest BCUT2D eigenvalue weighted by atomic mass is 9.89. The van der Waals surface area contributed by atoms with Crippen molar-refractivity contribution in [2.75, 3.05) is 0 Å². The summed E-state index contributed by atoms with van der Waals surface area (Å²) in [5.41, 5.74) is 12.7. The Balaban J connectivity index is 1.43. The molecule has 4 aromatic rings. The maximum atomic E-state index is 2.37. The van der Waals surface area contributed by atoms with Crippen LogP contribution >= 0.6 is 0 Å². The summed E-state index contributed by atoms with van der Waals surface area (Å²) in [4.78, 5) is 0. The smallest absolute Gasteiger partial charge is 0.00549 e. The SMILES string of the molecule is CCC1=C(CCC2=C(CC)Cc3ccc4ccccc4c32)c2c(ccc3ccccc23)C1. The highest BCUT2D eigenvalue weighted by Crippen LogP contribution is 2.46. The number of allylic oxidation sites excluding steroid dienone is 4. The van der Waals surface area contributed by atoms with Crippen LogP contribution in [0.15, 0.2) is 83.9 Å². The number of fused-ring (bicyclic) bond motifs is 6. The van der Waals surface area contributed by atoms with Crippen LogP contribution in [0.5, 0.6) is 0 Å². The van der Waals surface area contributed by atoms with Crippen LogP contribution in [0.3, 0.4) is 0 Å². The van der Waals surface area contributed by atoms with Gasteiger partial charge in [-0.1, -0.05) is 97.8 Å². The van der Waals surface area contributed by atoms with Crippen LogP contribution in [0.2, 0.25) is 0 Å². The summed E-state index contributed by atoms with van der Waals surface area (Å²) in [6, 6.07) is 27.2. The minimum absolute atomic E-state index is 1.13. The summed E-state index contributed by atoms with van der Waals surface area (Å²) in [7, 11) is 0. The molecule has 2 aliphatic rings. The second-order valence-corrected chi connectivity index (χ2v) is 9.37. The van der Waals surface area contributed by atoms with Gasteiger partial charge in [0.25, 0.3) is 0 Å². The van der Waals surface area contributed by atoms with Crippen molar-refractivity contribution in [3.8, 4) is 0 Å². The summed E-state index contributed by atoms with van der Waals surface area (Å²) in [5, 5.41) is 5.61. The van der Waals surface area contributed by atoms with Crippen molar-refractivity contribution in [3.63, 3.8) is 0 Å². The van der Waals surface area contributed by atoms with E-state index in [1.165, 1.54) is 43.8 Å². The third kappa shape index (κ3) is 2.97. The highest BCUT2D eigenvalue weighted by atomic mass is 14.3. The summed E-state index contributed by atoms with van der Waals surface area (Å²) in [6.45, 7) is 4.66. The molecule has 32 heavy (non-hydrogen) atoms. The molecule has 0 spiro atoms. The van der Waals surface area contributed by atoms with Crippen molar-refractivity contribution in [3.05, 3.63) is 106 Å². The van der Waals surface area contributed by atoms with E-state index >= 15 is 0 Å². The van der Waals surface area contributed by atoms with Gasteiger partial charge in [-0.3, -0.25) is 0 Å². The molecule has 0 saturated carbocycles. The van der Waals surface area contributed by atoms with Crippen LogP contribution in [-0.4, -0.2) is 0 Å². The number of hydrogen-bond donors (Lipinski definition) is 0. The Bertz CT molecular complexity index is 1320. The predicted octanol–water partition coefficient (Wildman–Crippen LogP) is 8.91. The first-order valence-electron chi connectivity index (χ1n) is 12.2. The quantitative estimate of drug-likeness (QED) is 0.306. The van der Waals surface area contributed by atoms with E-state index in [1.54, 1.807) is 22.3 Å². The zero-order valence-corrected chi connectivity index (χ0v) is 19.2. The van der Waals surface area contributed by atoms with Gasteiger partial charge in [-0.2, -0.15) is 0 Å². The van der Waals surface area contributed by atoms with E-state index in [1.807, 2.05) is 0 Å². The number of rotatable bonds is 5. The van der Waals surface area contributed by atoms with Gasteiger partial charge in [0.15, 0.2) is 0 Å². The van der Waals surface area contributed by atoms with E-state index in [0.29, 0.717) is 0 Å². The molecule has 0 amide bonds. The van der Waals surface area contributed by atoms with Crippen molar-refractivity contribution in [1.82, 2.24) is 0 Å². The first-order valence-corrected chi connectivity index (χ1v) is 12.2. The van der Waals surface area contributed by atoms with Gasteiger partial charge in [0.05, 0.1) is 0 Å². The van der Waals surface area contributed by atoms with Crippen molar-refractivity contribution >= 4 is 32.7 Å². The number of benzene rings is 4. The molecule has 0 radical (unpaired) electrons. The Morgan fingerprint density at radius 2 is 0.969 bits per heavy atom. The van der Waals surface area contributed by atoms with Gasteiger partial charge in [0.2, 0.25) is 0 Å². The summed E-state index contributed by atoms with van der Waals surface area (Å²) >= 11 is 0. The molecular weight excluding hydrogens is 384 g/mol. The molecule has 0 unspecified atom stereocenters. The Morgan fingerprint density at radius 3 is 1.41 bits per heavy atom. The fourth-order valence-electron chi connectivity index (χ4n) is 6.20. The van der Waals surface area contributed by atoms with Gasteiger partial charge >= 0.3 is 0 Å². The summed E-state index contributed by atoms with van der Waals surface area (Å²) in [5.74, 6) is 0. The van der Waals surface area contributed by atoms with Gasteiger partial charge < -0.3 is 0 Å². The molecule has 0 heteroatoms. The Kier molecular flexibility index (Phi) is 4.76. The molecule has 6 rings (SSSR count). The lowest BCUT2D eigenvalue weighted by molar-refractivity contribution is 0.991. The monoisotopic (exact) mass is 414 g/mol. The van der Waals surface area contributed by atoms with Crippen LogP contribution in [0, 0.1) is 0 Å². The fraction of sp³-hybridized carbons (Fsp3) is 0.250. The van der Waals surface area contributed by atoms with Crippen LogP contribution in [-0.2, 0) is 12.8 Å². The third-order valence-corrected chi connectivity index (χ3v) is 7.77. The molecule has 0 saturated heterocycles. The van der Waals surface area contributed by atoms with E-state index in [-0.39, 0.29) is 0 Å². The van der Waals surface area contributed by atoms with Crippen LogP contribution in [0.1, 0.15) is 61.8 Å². The highest BCUT2D eigenvalue weighted by molar-refractivity contribution is 6.00. The minimum atomic E-state index is 1.13. The second kappa shape index (κ2) is 7.78. The van der Waals surface area contributed by atoms with Gasteiger partial charge in [0.1, 0.15) is 0 Å². The van der Waals surface area contributed by atoms with Crippen molar-refractivity contribution < 1.29 is 0 Å². The Hall–Kier alpha value is -3.12. The molecule has 0 nitrogen and oxygen atoms in total. The zero-order chi connectivity index (χ0) is 21.7. The van der Waals surface area contributed by atoms with E-state index < -0.39 is 0 Å². The maximum absolute atomic E-state index is 2.37. The molecule has 0 heterocycles. The molecule has 158 valence electrons. The minimum Gasteiger partial charge on any atom is -0.0622 e. The Labute approximate surface area is 191 Å². The molecule has 0 N–H and O–H groups in total. The van der Waals surface area contributed by atoms with Crippen LogP contribution < -0.4 is 0 Å². The van der Waals surface area contributed by atoms with E-state index in [2.05, 4.69) is 86.6 Å². The number of hydrogen-bond acceptors (Lipinski definition) is 0. The molecule has 0 aromatic heterocycles. The zero-order valence-electron chi connectivity index (χ0n) is 19.2. The molecule has 0 fully saturated rings. The van der Waals surface area contributed by atoms with Gasteiger partial charge in [-0.25, -0.2) is 0 Å². The molecule has 0 bridgehead atoms. The Morgan fingerprint density at radius 1 is 0.531 bits per heavy atom. The molecular formula is C32H30. The van der Waals surface area contributed by atoms with Gasteiger partial charge in [-0.15, -0.1) is 0 Å².